The Labute approximate surface area is 378 Å². The summed E-state index contributed by atoms with van der Waals surface area (Å²) in [4.78, 5) is 58.6. The van der Waals surface area contributed by atoms with E-state index >= 15 is 0 Å². The second-order valence-corrected chi connectivity index (χ2v) is 16.1. The summed E-state index contributed by atoms with van der Waals surface area (Å²) in [6, 6.07) is 18.4. The fraction of sp³-hybridized carbons (Fsp3) is 0.279. The van der Waals surface area contributed by atoms with Gasteiger partial charge in [-0.25, -0.2) is 14.5 Å². The van der Waals surface area contributed by atoms with Gasteiger partial charge >= 0.3 is 5.97 Å². The van der Waals surface area contributed by atoms with Crippen LogP contribution in [0.3, 0.4) is 0 Å². The Morgan fingerprint density at radius 3 is 2.40 bits per heavy atom. The van der Waals surface area contributed by atoms with Crippen LogP contribution in [0.2, 0.25) is 0 Å². The van der Waals surface area contributed by atoms with Crippen molar-refractivity contribution in [1.29, 1.82) is 0 Å². The summed E-state index contributed by atoms with van der Waals surface area (Å²) < 4.78 is 36.1. The van der Waals surface area contributed by atoms with Crippen molar-refractivity contribution in [1.82, 2.24) is 30.6 Å². The van der Waals surface area contributed by atoms with Crippen molar-refractivity contribution in [2.45, 2.75) is 30.3 Å². The third-order valence-corrected chi connectivity index (χ3v) is 11.2. The lowest BCUT2D eigenvalue weighted by Crippen LogP contribution is -2.29. The van der Waals surface area contributed by atoms with Gasteiger partial charge in [0.05, 0.1) is 48.4 Å². The number of nitrogens with two attached hydrogens (primary N) is 1. The number of phenols is 1. The first kappa shape index (κ1) is 46.5. The predicted molar refractivity (Wildman–Crippen MR) is 236 cm³/mol. The number of nitrogens with zero attached hydrogens (tertiary/aromatic N) is 4. The highest BCUT2D eigenvalue weighted by molar-refractivity contribution is 7.96. The van der Waals surface area contributed by atoms with E-state index in [2.05, 4.69) is 35.3 Å². The van der Waals surface area contributed by atoms with Gasteiger partial charge in [0.2, 0.25) is 5.91 Å². The average molecular weight is 930 g/mol. The van der Waals surface area contributed by atoms with Crippen LogP contribution in [-0.2, 0) is 41.5 Å². The molecule has 0 spiro atoms. The number of carbonyl (C=O) groups is 3. The van der Waals surface area contributed by atoms with Crippen LogP contribution >= 0.6 is 23.4 Å². The van der Waals surface area contributed by atoms with Crippen LogP contribution in [0.5, 0.6) is 11.5 Å². The molecule has 1 aliphatic heterocycles. The molecule has 2 aliphatic rings. The smallest absolute Gasteiger partial charge is 0.336 e. The lowest BCUT2D eigenvalue weighted by Gasteiger charge is -2.17. The maximum atomic E-state index is 13.2. The molecule has 2 amide bonds. The number of thiazole rings is 1. The number of carboxylic acid groups (broad SMARTS) is 1. The third-order valence-electron chi connectivity index (χ3n) is 9.50. The summed E-state index contributed by atoms with van der Waals surface area (Å²) >= 11 is 2.33. The Bertz CT molecular complexity index is 2780. The number of hydrogen-bond acceptors (Lipinski definition) is 18. The number of hydrogen-bond donors (Lipinski definition) is 5. The number of aromatic nitrogens is 4. The van der Waals surface area contributed by atoms with E-state index in [-0.39, 0.29) is 58.3 Å². The van der Waals surface area contributed by atoms with Crippen molar-refractivity contribution in [2.24, 2.45) is 5.90 Å². The lowest BCUT2D eigenvalue weighted by atomic mass is 9.89. The minimum Gasteiger partial charge on any atom is -0.508 e. The number of rotatable bonds is 25. The molecule has 0 bridgehead atoms. The molecule has 20 nitrogen and oxygen atoms in total. The summed E-state index contributed by atoms with van der Waals surface area (Å²) in [6.45, 7) is 3.18. The number of amides is 2. The molecule has 0 saturated carbocycles. The second kappa shape index (κ2) is 22.9. The molecule has 0 radical (unpaired) electrons. The van der Waals surface area contributed by atoms with Gasteiger partial charge in [0.1, 0.15) is 53.7 Å². The molecule has 65 heavy (non-hydrogen) atoms. The molecule has 2 aromatic heterocycles. The van der Waals surface area contributed by atoms with Crippen molar-refractivity contribution < 1.29 is 57.3 Å². The van der Waals surface area contributed by atoms with Crippen LogP contribution < -0.4 is 26.7 Å². The van der Waals surface area contributed by atoms with E-state index in [4.69, 9.17) is 29.3 Å². The zero-order valence-electron chi connectivity index (χ0n) is 34.6. The standard InChI is InChI=1S/C43H43N7O13S2/c44-62-63-65-43-47-35-22-30(6-10-38(35)64-43)60-25-27-23-50(49-48-27)24-39(53)45-11-1-13-57-15-17-59-18-16-58-14-2-12-46-41(54)26-3-7-31(42(55)56)34(19-26)40-32-8-4-28(51)20-36(32)61-37-21-29(52)5-9-33(37)40/h3-10,19-23,51H,1-2,11-18,24-25,44H2,(H,45,53)(H,46,54)(H,55,56). The van der Waals surface area contributed by atoms with Gasteiger partial charge in [0, 0.05) is 66.6 Å². The summed E-state index contributed by atoms with van der Waals surface area (Å²) in [7, 11) is 0. The van der Waals surface area contributed by atoms with E-state index < -0.39 is 11.9 Å². The first-order valence-corrected chi connectivity index (χ1v) is 21.7. The van der Waals surface area contributed by atoms with Crippen LogP contribution in [0.25, 0.3) is 43.6 Å². The van der Waals surface area contributed by atoms with Gasteiger partial charge in [-0.2, -0.15) is 5.90 Å². The highest BCUT2D eigenvalue weighted by atomic mass is 32.2. The number of carbonyl (C=O) groups excluding carboxylic acids is 2. The van der Waals surface area contributed by atoms with E-state index in [1.54, 1.807) is 24.4 Å². The molecule has 0 fully saturated rings. The highest BCUT2D eigenvalue weighted by Crippen LogP contribution is 2.42. The fourth-order valence-electron chi connectivity index (χ4n) is 6.55. The first-order valence-electron chi connectivity index (χ1n) is 20.1. The molecule has 340 valence electrons. The first-order chi connectivity index (χ1) is 31.6. The maximum Gasteiger partial charge on any atom is 0.336 e. The van der Waals surface area contributed by atoms with E-state index in [1.807, 2.05) is 12.1 Å². The Morgan fingerprint density at radius 1 is 0.862 bits per heavy atom. The Kier molecular flexibility index (Phi) is 16.4. The Balaban J connectivity index is 0.728. The van der Waals surface area contributed by atoms with E-state index in [1.165, 1.54) is 58.5 Å². The summed E-state index contributed by atoms with van der Waals surface area (Å²) in [5.74, 6) is 3.79. The van der Waals surface area contributed by atoms with E-state index in [9.17, 15) is 29.4 Å². The zero-order chi connectivity index (χ0) is 45.5. The Morgan fingerprint density at radius 2 is 1.63 bits per heavy atom. The van der Waals surface area contributed by atoms with Crippen molar-refractivity contribution in [3.63, 3.8) is 0 Å². The van der Waals surface area contributed by atoms with E-state index in [0.29, 0.717) is 97.9 Å². The molecule has 1 aliphatic carbocycles. The molecule has 6 N–H and O–H groups in total. The van der Waals surface area contributed by atoms with Crippen LogP contribution in [0.1, 0.15) is 39.3 Å². The third kappa shape index (κ3) is 12.8. The lowest BCUT2D eigenvalue weighted by molar-refractivity contribution is -0.195. The normalized spacial score (nSPS) is 11.4. The summed E-state index contributed by atoms with van der Waals surface area (Å²) in [6.07, 6.45) is 2.78. The minimum atomic E-state index is -1.20. The van der Waals surface area contributed by atoms with Gasteiger partial charge in [-0.1, -0.05) is 5.21 Å². The number of nitrogens with one attached hydrogen (secondary N) is 2. The number of aromatic hydroxyl groups is 1. The predicted octanol–water partition coefficient (Wildman–Crippen LogP) is 4.95. The van der Waals surface area contributed by atoms with Crippen molar-refractivity contribution in [3.05, 3.63) is 106 Å². The highest BCUT2D eigenvalue weighted by Gasteiger charge is 2.23. The molecule has 3 heterocycles. The average Bonchev–Trinajstić information content (AvgIpc) is 3.93. The second-order valence-electron chi connectivity index (χ2n) is 14.1. The number of carboxylic acids is 1. The minimum absolute atomic E-state index is 0.00739. The topological polar surface area (TPSA) is 271 Å². The zero-order valence-corrected chi connectivity index (χ0v) is 36.2. The van der Waals surface area contributed by atoms with Gasteiger partial charge in [-0.3, -0.25) is 14.4 Å². The summed E-state index contributed by atoms with van der Waals surface area (Å²) in [5, 5.41) is 34.4. The monoisotopic (exact) mass is 929 g/mol. The fourth-order valence-corrected chi connectivity index (χ4v) is 7.95. The van der Waals surface area contributed by atoms with Gasteiger partial charge in [-0.05, 0) is 73.0 Å². The van der Waals surface area contributed by atoms with Gasteiger partial charge in [0.25, 0.3) is 5.91 Å². The van der Waals surface area contributed by atoms with Gasteiger partial charge < -0.3 is 44.2 Å². The van der Waals surface area contributed by atoms with Crippen LogP contribution in [0, 0.1) is 0 Å². The molecular formula is C43H43N7O13S2. The molecule has 5 aromatic rings. The van der Waals surface area contributed by atoms with Crippen LogP contribution in [0.15, 0.2) is 92.5 Å². The SMILES string of the molecule is NOOSc1nc2cc(OCc3cn(CC(=O)NCCCOCCOCCOCCCNC(=O)c4ccc(C(=O)O)c(-c5c6ccc(=O)cc-6oc6cc(O)ccc56)c4)nn3)ccc2s1. The number of ether oxygens (including phenoxy) is 4. The quantitative estimate of drug-likeness (QED) is 0.0167. The summed E-state index contributed by atoms with van der Waals surface area (Å²) in [5.41, 5.74) is 2.58. The molecule has 22 heteroatoms. The van der Waals surface area contributed by atoms with Crippen LogP contribution in [0.4, 0.5) is 0 Å². The van der Waals surface area contributed by atoms with Crippen molar-refractivity contribution in [2.75, 3.05) is 52.7 Å². The molecule has 0 unspecified atom stereocenters. The van der Waals surface area contributed by atoms with Crippen molar-refractivity contribution >= 4 is 62.3 Å². The molecule has 0 atom stereocenters. The number of fused-ring (bicyclic) bond motifs is 3. The van der Waals surface area contributed by atoms with Crippen molar-refractivity contribution in [3.8, 4) is 33.9 Å². The van der Waals surface area contributed by atoms with E-state index in [0.717, 1.165) is 22.3 Å². The maximum absolute atomic E-state index is 13.2. The van der Waals surface area contributed by atoms with Gasteiger partial charge in [-0.15, -0.1) is 25.8 Å². The van der Waals surface area contributed by atoms with Crippen LogP contribution in [-0.4, -0.2) is 101 Å². The molecule has 3 aromatic carbocycles. The number of benzene rings is 4. The number of phenolic OH excluding ortho intramolecular Hbond substituents is 1. The number of aromatic carboxylic acids is 1. The molecule has 0 saturated heterocycles. The molecular weight excluding hydrogens is 887 g/mol. The molecule has 7 rings (SSSR count). The largest absolute Gasteiger partial charge is 0.508 e. The van der Waals surface area contributed by atoms with Gasteiger partial charge in [0.15, 0.2) is 9.77 Å². The Hall–Kier alpha value is -6.50.